The van der Waals surface area contributed by atoms with Crippen molar-refractivity contribution in [3.8, 4) is 0 Å². The third-order valence-electron chi connectivity index (χ3n) is 6.30. The van der Waals surface area contributed by atoms with Gasteiger partial charge in [-0.05, 0) is 86.9 Å². The highest BCUT2D eigenvalue weighted by Crippen LogP contribution is 2.46. The lowest BCUT2D eigenvalue weighted by Crippen LogP contribution is -2.29. The number of sulfonamides is 1. The number of nitrogens with one attached hydrogen (secondary N) is 2. The molecule has 2 fully saturated rings. The molecule has 7 nitrogen and oxygen atoms in total. The summed E-state index contributed by atoms with van der Waals surface area (Å²) in [6.45, 7) is 4.36. The van der Waals surface area contributed by atoms with Crippen LogP contribution in [-0.4, -0.2) is 29.3 Å². The molecule has 9 heteroatoms. The number of hydrogen-bond donors (Lipinski definition) is 2. The molecule has 1 saturated heterocycles. The van der Waals surface area contributed by atoms with Crippen LogP contribution in [0, 0.1) is 13.8 Å². The molecule has 5 rings (SSSR count). The Balaban J connectivity index is 1.59. The zero-order chi connectivity index (χ0) is 23.3. The molecular weight excluding hydrogens is 454 g/mol. The molecule has 0 spiro atoms. The van der Waals surface area contributed by atoms with Gasteiger partial charge in [0.05, 0.1) is 24.0 Å². The fraction of sp³-hybridized carbons (Fsp3) is 0.333. The second-order valence-corrected chi connectivity index (χ2v) is 11.0. The van der Waals surface area contributed by atoms with Crippen LogP contribution < -0.4 is 14.9 Å². The Morgan fingerprint density at radius 2 is 1.85 bits per heavy atom. The number of nitrogens with zero attached hydrogens (tertiary/aromatic N) is 3. The third-order valence-corrected chi connectivity index (χ3v) is 7.22. The van der Waals surface area contributed by atoms with Gasteiger partial charge >= 0.3 is 0 Å². The number of rotatable bonds is 6. The molecule has 1 aromatic carbocycles. The Bertz CT molecular complexity index is 1300. The summed E-state index contributed by atoms with van der Waals surface area (Å²) in [4.78, 5) is 6.75. The van der Waals surface area contributed by atoms with Crippen molar-refractivity contribution in [3.05, 3.63) is 77.4 Å². The monoisotopic (exact) mass is 481 g/mol. The van der Waals surface area contributed by atoms with Crippen LogP contribution in [0.5, 0.6) is 0 Å². The summed E-state index contributed by atoms with van der Waals surface area (Å²) in [7, 11) is -3.34. The van der Waals surface area contributed by atoms with Crippen LogP contribution in [0.15, 0.2) is 54.7 Å². The average Bonchev–Trinajstić information content (AvgIpc) is 3.47. The second kappa shape index (κ2) is 8.14. The first-order valence-corrected chi connectivity index (χ1v) is 13.3. The van der Waals surface area contributed by atoms with Crippen LogP contribution >= 0.6 is 12.2 Å². The van der Waals surface area contributed by atoms with Crippen molar-refractivity contribution in [2.24, 2.45) is 0 Å². The first-order valence-electron chi connectivity index (χ1n) is 11.0. The van der Waals surface area contributed by atoms with Gasteiger partial charge in [0.15, 0.2) is 5.11 Å². The fourth-order valence-corrected chi connectivity index (χ4v) is 5.76. The summed E-state index contributed by atoms with van der Waals surface area (Å²) in [5, 5.41) is 4.12. The Morgan fingerprint density at radius 1 is 1.12 bits per heavy atom. The molecule has 1 aliphatic carbocycles. The van der Waals surface area contributed by atoms with Crippen LogP contribution in [0.3, 0.4) is 0 Å². The lowest BCUT2D eigenvalue weighted by molar-refractivity contribution is 0.562. The van der Waals surface area contributed by atoms with Crippen molar-refractivity contribution in [1.82, 2.24) is 14.9 Å². The number of benzene rings is 1. The maximum atomic E-state index is 11.6. The molecule has 2 aromatic heterocycles. The van der Waals surface area contributed by atoms with E-state index in [1.54, 1.807) is 18.3 Å². The smallest absolute Gasteiger partial charge is 0.229 e. The van der Waals surface area contributed by atoms with E-state index >= 15 is 0 Å². The molecule has 0 bridgehead atoms. The Hall–Kier alpha value is -2.91. The summed E-state index contributed by atoms with van der Waals surface area (Å²) in [5.74, 6) is 0. The highest BCUT2D eigenvalue weighted by atomic mass is 32.2. The molecule has 0 radical (unpaired) electrons. The van der Waals surface area contributed by atoms with E-state index in [1.807, 2.05) is 30.3 Å². The van der Waals surface area contributed by atoms with Gasteiger partial charge in [-0.1, -0.05) is 6.07 Å². The molecule has 3 aromatic rings. The minimum atomic E-state index is -3.34. The van der Waals surface area contributed by atoms with Crippen molar-refractivity contribution in [2.45, 2.75) is 44.8 Å². The van der Waals surface area contributed by atoms with Crippen molar-refractivity contribution in [1.29, 1.82) is 0 Å². The van der Waals surface area contributed by atoms with Crippen LogP contribution in [0.2, 0.25) is 0 Å². The molecule has 1 aliphatic heterocycles. The van der Waals surface area contributed by atoms with Crippen molar-refractivity contribution >= 4 is 38.7 Å². The molecule has 3 heterocycles. The Kier molecular flexibility index (Phi) is 5.41. The predicted octanol–water partition coefficient (Wildman–Crippen LogP) is 4.38. The van der Waals surface area contributed by atoms with Gasteiger partial charge in [0.1, 0.15) is 0 Å². The standard InChI is InChI=1S/C24H27N5O2S2/c1-15-14-20(16(2)28(15)18-11-12-18)23-22(21-6-4-5-13-25-21)26-24(32)29(23)19-9-7-17(8-10-19)27-33(3,30)31/h4-10,13-14,18,22-23,27H,11-12H2,1-3H3,(H,26,32). The number of aromatic nitrogens is 2. The summed E-state index contributed by atoms with van der Waals surface area (Å²) >= 11 is 5.81. The van der Waals surface area contributed by atoms with E-state index in [2.05, 4.69) is 44.4 Å². The van der Waals surface area contributed by atoms with E-state index in [0.29, 0.717) is 16.8 Å². The molecule has 33 heavy (non-hydrogen) atoms. The largest absolute Gasteiger partial charge is 0.351 e. The molecule has 2 aliphatic rings. The Labute approximate surface area is 199 Å². The topological polar surface area (TPSA) is 79.3 Å². The summed E-state index contributed by atoms with van der Waals surface area (Å²) < 4.78 is 28.2. The number of anilines is 2. The predicted molar refractivity (Wildman–Crippen MR) is 135 cm³/mol. The summed E-state index contributed by atoms with van der Waals surface area (Å²) in [6, 6.07) is 15.9. The lowest BCUT2D eigenvalue weighted by Gasteiger charge is -2.28. The quantitative estimate of drug-likeness (QED) is 0.509. The molecule has 1 saturated carbocycles. The van der Waals surface area contributed by atoms with E-state index in [1.165, 1.54) is 29.8 Å². The first kappa shape index (κ1) is 21.9. The first-order chi connectivity index (χ1) is 15.7. The second-order valence-electron chi connectivity index (χ2n) is 8.85. The fourth-order valence-electron chi connectivity index (χ4n) is 4.85. The number of hydrogen-bond acceptors (Lipinski definition) is 4. The van der Waals surface area contributed by atoms with Gasteiger partial charge < -0.3 is 14.8 Å². The third kappa shape index (κ3) is 4.22. The molecule has 2 unspecified atom stereocenters. The van der Waals surface area contributed by atoms with Gasteiger partial charge in [-0.25, -0.2) is 8.42 Å². The molecule has 2 N–H and O–H groups in total. The van der Waals surface area contributed by atoms with E-state index in [9.17, 15) is 8.42 Å². The molecule has 0 amide bonds. The minimum absolute atomic E-state index is 0.0835. The van der Waals surface area contributed by atoms with Gasteiger partial charge in [-0.15, -0.1) is 0 Å². The molecular formula is C24H27N5O2S2. The number of aryl methyl sites for hydroxylation is 1. The Morgan fingerprint density at radius 3 is 2.45 bits per heavy atom. The van der Waals surface area contributed by atoms with Crippen LogP contribution in [0.25, 0.3) is 0 Å². The molecule has 172 valence electrons. The highest BCUT2D eigenvalue weighted by molar-refractivity contribution is 7.92. The minimum Gasteiger partial charge on any atom is -0.351 e. The maximum Gasteiger partial charge on any atom is 0.229 e. The van der Waals surface area contributed by atoms with Gasteiger partial charge in [-0.3, -0.25) is 9.71 Å². The van der Waals surface area contributed by atoms with E-state index < -0.39 is 10.0 Å². The zero-order valence-electron chi connectivity index (χ0n) is 18.8. The van der Waals surface area contributed by atoms with Gasteiger partial charge in [0.25, 0.3) is 0 Å². The van der Waals surface area contributed by atoms with Crippen molar-refractivity contribution < 1.29 is 8.42 Å². The van der Waals surface area contributed by atoms with Crippen LogP contribution in [-0.2, 0) is 10.0 Å². The number of pyridine rings is 1. The van der Waals surface area contributed by atoms with Gasteiger partial charge in [-0.2, -0.15) is 0 Å². The summed E-state index contributed by atoms with van der Waals surface area (Å²) in [6.07, 6.45) is 5.39. The van der Waals surface area contributed by atoms with E-state index in [-0.39, 0.29) is 12.1 Å². The van der Waals surface area contributed by atoms with Gasteiger partial charge in [0, 0.05) is 35.0 Å². The average molecular weight is 482 g/mol. The van der Waals surface area contributed by atoms with Crippen molar-refractivity contribution in [2.75, 3.05) is 15.9 Å². The van der Waals surface area contributed by atoms with E-state index in [0.717, 1.165) is 17.6 Å². The SMILES string of the molecule is Cc1cc(C2C(c3ccccn3)NC(=S)N2c2ccc(NS(C)(=O)=O)cc2)c(C)n1C1CC1. The van der Waals surface area contributed by atoms with E-state index in [4.69, 9.17) is 12.2 Å². The van der Waals surface area contributed by atoms with Crippen LogP contribution in [0.1, 0.15) is 53.6 Å². The zero-order valence-corrected chi connectivity index (χ0v) is 20.5. The lowest BCUT2D eigenvalue weighted by atomic mass is 9.96. The van der Waals surface area contributed by atoms with Crippen LogP contribution in [0.4, 0.5) is 11.4 Å². The number of thiocarbonyl (C=S) groups is 1. The molecule has 2 atom stereocenters. The maximum absolute atomic E-state index is 11.6. The normalized spacial score (nSPS) is 20.7. The highest BCUT2D eigenvalue weighted by Gasteiger charge is 2.43. The summed E-state index contributed by atoms with van der Waals surface area (Å²) in [5.41, 5.74) is 6.08. The van der Waals surface area contributed by atoms with Crippen molar-refractivity contribution in [3.63, 3.8) is 0 Å². The van der Waals surface area contributed by atoms with Gasteiger partial charge in [0.2, 0.25) is 10.0 Å².